The molecule has 0 radical (unpaired) electrons. The summed E-state index contributed by atoms with van der Waals surface area (Å²) < 4.78 is 26.5. The summed E-state index contributed by atoms with van der Waals surface area (Å²) in [6.07, 6.45) is 2.84. The van der Waals surface area contributed by atoms with Gasteiger partial charge in [0, 0.05) is 23.3 Å². The first-order chi connectivity index (χ1) is 14.1. The maximum atomic E-state index is 12.0. The molecule has 2 aromatic carbocycles. The lowest BCUT2D eigenvalue weighted by molar-refractivity contribution is -0.139. The Hall–Kier alpha value is -3.81. The molecular formula is C21H20N2O6. The Morgan fingerprint density at radius 1 is 0.966 bits per heavy atom. The molecule has 0 spiro atoms. The molecule has 150 valence electrons. The largest absolute Gasteiger partial charge is 0.496 e. The van der Waals surface area contributed by atoms with Crippen LogP contribution in [0.25, 0.3) is 17.5 Å². The summed E-state index contributed by atoms with van der Waals surface area (Å²) >= 11 is 0. The van der Waals surface area contributed by atoms with E-state index in [0.29, 0.717) is 28.7 Å². The van der Waals surface area contributed by atoms with E-state index in [-0.39, 0.29) is 12.5 Å². The molecule has 8 nitrogen and oxygen atoms in total. The second-order valence-electron chi connectivity index (χ2n) is 5.76. The maximum Gasteiger partial charge on any atom is 0.331 e. The number of methoxy groups -OCH3 is 3. The van der Waals surface area contributed by atoms with E-state index in [1.54, 1.807) is 18.2 Å². The highest BCUT2D eigenvalue weighted by Gasteiger charge is 2.12. The summed E-state index contributed by atoms with van der Waals surface area (Å²) in [5.41, 5.74) is 1.42. The van der Waals surface area contributed by atoms with Crippen molar-refractivity contribution in [3.8, 4) is 28.7 Å². The van der Waals surface area contributed by atoms with Crippen LogP contribution in [0.15, 0.2) is 53.0 Å². The van der Waals surface area contributed by atoms with Crippen LogP contribution in [0.1, 0.15) is 11.5 Å². The molecule has 0 bridgehead atoms. The molecule has 0 saturated carbocycles. The third kappa shape index (κ3) is 4.92. The van der Waals surface area contributed by atoms with Crippen LogP contribution in [0.4, 0.5) is 0 Å². The number of benzene rings is 2. The smallest absolute Gasteiger partial charge is 0.331 e. The Bertz CT molecular complexity index is 998. The summed E-state index contributed by atoms with van der Waals surface area (Å²) in [6, 6.07) is 12.7. The molecule has 0 atom stereocenters. The minimum absolute atomic E-state index is 0.133. The monoisotopic (exact) mass is 396 g/mol. The van der Waals surface area contributed by atoms with Gasteiger partial charge in [-0.3, -0.25) is 0 Å². The van der Waals surface area contributed by atoms with Crippen LogP contribution >= 0.6 is 0 Å². The molecule has 3 aromatic rings. The lowest BCUT2D eigenvalue weighted by Gasteiger charge is -2.12. The molecule has 8 heteroatoms. The number of carbonyl (C=O) groups is 1. The number of hydrogen-bond donors (Lipinski definition) is 0. The zero-order valence-electron chi connectivity index (χ0n) is 16.2. The van der Waals surface area contributed by atoms with Crippen molar-refractivity contribution in [2.75, 3.05) is 21.3 Å². The van der Waals surface area contributed by atoms with Crippen LogP contribution in [-0.4, -0.2) is 37.5 Å². The normalized spacial score (nSPS) is 10.7. The van der Waals surface area contributed by atoms with Crippen LogP contribution in [0.5, 0.6) is 17.2 Å². The van der Waals surface area contributed by atoms with E-state index in [0.717, 1.165) is 5.56 Å². The van der Waals surface area contributed by atoms with Gasteiger partial charge >= 0.3 is 5.97 Å². The third-order valence-corrected chi connectivity index (χ3v) is 3.96. The molecule has 3 rings (SSSR count). The highest BCUT2D eigenvalue weighted by molar-refractivity contribution is 5.87. The van der Waals surface area contributed by atoms with Crippen molar-refractivity contribution in [2.24, 2.45) is 0 Å². The topological polar surface area (TPSA) is 92.9 Å². The summed E-state index contributed by atoms with van der Waals surface area (Å²) in [5, 5.41) is 7.83. The molecular weight excluding hydrogens is 376 g/mol. The van der Waals surface area contributed by atoms with Gasteiger partial charge in [0.2, 0.25) is 5.89 Å². The molecule has 29 heavy (non-hydrogen) atoms. The number of aromatic nitrogens is 2. The third-order valence-electron chi connectivity index (χ3n) is 3.96. The van der Waals surface area contributed by atoms with E-state index in [1.165, 1.54) is 27.4 Å². The molecule has 0 fully saturated rings. The van der Waals surface area contributed by atoms with E-state index >= 15 is 0 Å². The molecule has 0 aliphatic rings. The number of nitrogens with zero attached hydrogens (tertiary/aromatic N) is 2. The van der Waals surface area contributed by atoms with Crippen LogP contribution in [-0.2, 0) is 16.1 Å². The predicted molar refractivity (Wildman–Crippen MR) is 105 cm³/mol. The van der Waals surface area contributed by atoms with Gasteiger partial charge < -0.3 is 23.4 Å². The number of ether oxygens (including phenoxy) is 4. The van der Waals surface area contributed by atoms with Gasteiger partial charge in [-0.15, -0.1) is 10.2 Å². The minimum Gasteiger partial charge on any atom is -0.496 e. The fraction of sp³-hybridized carbons (Fsp3) is 0.190. The standard InChI is InChI=1S/C21H20N2O6/c1-25-16-12-18(27-3)17(26-2)11-15(16)9-10-20(24)28-13-19-22-23-21(29-19)14-7-5-4-6-8-14/h4-12H,13H2,1-3H3/b10-9+. The lowest BCUT2D eigenvalue weighted by atomic mass is 10.1. The van der Waals surface area contributed by atoms with Crippen molar-refractivity contribution in [3.63, 3.8) is 0 Å². The highest BCUT2D eigenvalue weighted by atomic mass is 16.5. The Kier molecular flexibility index (Phi) is 6.47. The summed E-state index contributed by atoms with van der Waals surface area (Å²) in [7, 11) is 4.59. The van der Waals surface area contributed by atoms with Gasteiger partial charge in [-0.2, -0.15) is 0 Å². The van der Waals surface area contributed by atoms with Gasteiger partial charge in [-0.05, 0) is 24.3 Å². The van der Waals surface area contributed by atoms with E-state index < -0.39 is 5.97 Å². The predicted octanol–water partition coefficient (Wildman–Crippen LogP) is 3.52. The minimum atomic E-state index is -0.568. The fourth-order valence-corrected chi connectivity index (χ4v) is 2.53. The van der Waals surface area contributed by atoms with Gasteiger partial charge in [-0.25, -0.2) is 4.79 Å². The Labute approximate surface area is 167 Å². The molecule has 0 unspecified atom stereocenters. The number of carbonyl (C=O) groups excluding carboxylic acids is 1. The van der Waals surface area contributed by atoms with Crippen molar-refractivity contribution in [3.05, 3.63) is 60.0 Å². The van der Waals surface area contributed by atoms with Crippen LogP contribution in [0, 0.1) is 0 Å². The molecule has 0 aliphatic heterocycles. The Balaban J connectivity index is 1.64. The van der Waals surface area contributed by atoms with Crippen LogP contribution < -0.4 is 14.2 Å². The first kappa shape index (κ1) is 19.9. The maximum absolute atomic E-state index is 12.0. The molecule has 0 aliphatic carbocycles. The first-order valence-corrected chi connectivity index (χ1v) is 8.67. The van der Waals surface area contributed by atoms with Crippen LogP contribution in [0.3, 0.4) is 0 Å². The zero-order valence-corrected chi connectivity index (χ0v) is 16.2. The average Bonchev–Trinajstić information content (AvgIpc) is 3.25. The van der Waals surface area contributed by atoms with Gasteiger partial charge in [0.15, 0.2) is 18.1 Å². The van der Waals surface area contributed by atoms with Crippen molar-refractivity contribution in [2.45, 2.75) is 6.61 Å². The Morgan fingerprint density at radius 2 is 1.66 bits per heavy atom. The lowest BCUT2D eigenvalue weighted by Crippen LogP contribution is -2.01. The Morgan fingerprint density at radius 3 is 2.34 bits per heavy atom. The van der Waals surface area contributed by atoms with E-state index in [2.05, 4.69) is 10.2 Å². The number of esters is 1. The van der Waals surface area contributed by atoms with Gasteiger partial charge in [0.05, 0.1) is 21.3 Å². The molecule has 0 amide bonds. The van der Waals surface area contributed by atoms with Gasteiger partial charge in [0.1, 0.15) is 5.75 Å². The van der Waals surface area contributed by atoms with Crippen molar-refractivity contribution in [1.82, 2.24) is 10.2 Å². The van der Waals surface area contributed by atoms with E-state index in [4.69, 9.17) is 23.4 Å². The number of rotatable bonds is 8. The highest BCUT2D eigenvalue weighted by Crippen LogP contribution is 2.35. The van der Waals surface area contributed by atoms with E-state index in [1.807, 2.05) is 30.3 Å². The second kappa shape index (κ2) is 9.41. The second-order valence-corrected chi connectivity index (χ2v) is 5.76. The van der Waals surface area contributed by atoms with Crippen LogP contribution in [0.2, 0.25) is 0 Å². The first-order valence-electron chi connectivity index (χ1n) is 8.67. The quantitative estimate of drug-likeness (QED) is 0.422. The summed E-state index contributed by atoms with van der Waals surface area (Å²) in [4.78, 5) is 12.0. The van der Waals surface area contributed by atoms with E-state index in [9.17, 15) is 4.79 Å². The molecule has 1 heterocycles. The zero-order chi connectivity index (χ0) is 20.6. The van der Waals surface area contributed by atoms with Gasteiger partial charge in [-0.1, -0.05) is 18.2 Å². The van der Waals surface area contributed by atoms with Crippen molar-refractivity contribution >= 4 is 12.0 Å². The van der Waals surface area contributed by atoms with Crippen molar-refractivity contribution < 1.29 is 28.2 Å². The summed E-state index contributed by atoms with van der Waals surface area (Å²) in [5.74, 6) is 1.56. The van der Waals surface area contributed by atoms with Gasteiger partial charge in [0.25, 0.3) is 5.89 Å². The number of hydrogen-bond acceptors (Lipinski definition) is 8. The molecule has 1 aromatic heterocycles. The SMILES string of the molecule is COc1cc(OC)c(OC)cc1/C=C/C(=O)OCc1nnc(-c2ccccc2)o1. The average molecular weight is 396 g/mol. The summed E-state index contributed by atoms with van der Waals surface area (Å²) in [6.45, 7) is -0.133. The fourth-order valence-electron chi connectivity index (χ4n) is 2.53. The van der Waals surface area contributed by atoms with Crippen molar-refractivity contribution in [1.29, 1.82) is 0 Å². The molecule has 0 N–H and O–H groups in total. The molecule has 0 saturated heterocycles.